The van der Waals surface area contributed by atoms with Crippen LogP contribution >= 0.6 is 11.6 Å². The summed E-state index contributed by atoms with van der Waals surface area (Å²) < 4.78 is 0. The largest absolute Gasteiger partial charge is 0.123 e. The van der Waals surface area contributed by atoms with Gasteiger partial charge in [-0.3, -0.25) is 0 Å². The Morgan fingerprint density at radius 1 is 1.18 bits per heavy atom. The molecule has 0 aromatic carbocycles. The van der Waals surface area contributed by atoms with E-state index in [0.717, 1.165) is 6.42 Å². The molecule has 0 radical (unpaired) electrons. The number of rotatable bonds is 4. The van der Waals surface area contributed by atoms with Crippen molar-refractivity contribution in [1.29, 1.82) is 0 Å². The minimum absolute atomic E-state index is 0.402. The highest BCUT2D eigenvalue weighted by molar-refractivity contribution is 6.20. The van der Waals surface area contributed by atoms with Gasteiger partial charge in [-0.2, -0.15) is 0 Å². The van der Waals surface area contributed by atoms with E-state index >= 15 is 0 Å². The monoisotopic (exact) mass is 176 g/mol. The average Bonchev–Trinajstić information content (AvgIpc) is 1.83. The van der Waals surface area contributed by atoms with E-state index in [9.17, 15) is 0 Å². The third kappa shape index (κ3) is 8.19. The highest BCUT2D eigenvalue weighted by atomic mass is 35.5. The standard InChI is InChI=1S/C10H21Cl/c1-5-6-9(11)7-8-10(2,3)4/h9H,5-8H2,1-4H3. The third-order valence-corrected chi connectivity index (χ3v) is 2.25. The molecule has 0 saturated carbocycles. The smallest absolute Gasteiger partial charge is 0.0336 e. The summed E-state index contributed by atoms with van der Waals surface area (Å²) in [6.45, 7) is 8.99. The quantitative estimate of drug-likeness (QED) is 0.563. The molecule has 0 aromatic rings. The second-order valence-corrected chi connectivity index (χ2v) is 5.10. The molecule has 0 aromatic heterocycles. The van der Waals surface area contributed by atoms with E-state index < -0.39 is 0 Å². The molecule has 0 rings (SSSR count). The molecular formula is C10H21Cl. The van der Waals surface area contributed by atoms with Gasteiger partial charge in [-0.1, -0.05) is 34.1 Å². The summed E-state index contributed by atoms with van der Waals surface area (Å²) in [4.78, 5) is 0. The summed E-state index contributed by atoms with van der Waals surface area (Å²) in [6.07, 6.45) is 4.77. The third-order valence-electron chi connectivity index (χ3n) is 1.81. The maximum Gasteiger partial charge on any atom is 0.0336 e. The van der Waals surface area contributed by atoms with Crippen LogP contribution in [0.1, 0.15) is 53.4 Å². The first-order valence-corrected chi connectivity index (χ1v) is 5.03. The van der Waals surface area contributed by atoms with E-state index in [1.54, 1.807) is 0 Å². The predicted octanol–water partition coefficient (Wildman–Crippen LogP) is 4.22. The first-order valence-electron chi connectivity index (χ1n) is 4.60. The molecule has 0 heterocycles. The Bertz CT molecular complexity index is 91.5. The molecule has 0 aliphatic carbocycles. The Morgan fingerprint density at radius 3 is 2.09 bits per heavy atom. The molecule has 1 atom stereocenters. The van der Waals surface area contributed by atoms with Crippen molar-refractivity contribution in [3.63, 3.8) is 0 Å². The molecule has 68 valence electrons. The summed E-state index contributed by atoms with van der Waals surface area (Å²) in [7, 11) is 0. The van der Waals surface area contributed by atoms with Gasteiger partial charge in [-0.05, 0) is 24.7 Å². The van der Waals surface area contributed by atoms with Crippen LogP contribution in [0.15, 0.2) is 0 Å². The molecule has 0 amide bonds. The van der Waals surface area contributed by atoms with Gasteiger partial charge >= 0.3 is 0 Å². The summed E-state index contributed by atoms with van der Waals surface area (Å²) in [5, 5.41) is 0.402. The Hall–Kier alpha value is 0.290. The molecule has 0 spiro atoms. The average molecular weight is 177 g/mol. The van der Waals surface area contributed by atoms with Crippen LogP contribution in [-0.4, -0.2) is 5.38 Å². The van der Waals surface area contributed by atoms with Gasteiger partial charge in [-0.15, -0.1) is 11.6 Å². The zero-order chi connectivity index (χ0) is 8.91. The Labute approximate surface area is 76.3 Å². The van der Waals surface area contributed by atoms with Crippen LogP contribution in [0, 0.1) is 5.41 Å². The zero-order valence-corrected chi connectivity index (χ0v) is 9.04. The summed E-state index contributed by atoms with van der Waals surface area (Å²) in [6, 6.07) is 0. The lowest BCUT2D eigenvalue weighted by Gasteiger charge is -2.19. The van der Waals surface area contributed by atoms with Crippen molar-refractivity contribution >= 4 is 11.6 Å². The van der Waals surface area contributed by atoms with E-state index in [0.29, 0.717) is 10.8 Å². The summed E-state index contributed by atoms with van der Waals surface area (Å²) >= 11 is 6.09. The van der Waals surface area contributed by atoms with Gasteiger partial charge in [-0.25, -0.2) is 0 Å². The normalized spacial score (nSPS) is 15.0. The first-order chi connectivity index (χ1) is 4.95. The number of alkyl halides is 1. The van der Waals surface area contributed by atoms with Crippen molar-refractivity contribution in [2.24, 2.45) is 5.41 Å². The van der Waals surface area contributed by atoms with Crippen LogP contribution in [0.4, 0.5) is 0 Å². The SMILES string of the molecule is CCCC(Cl)CCC(C)(C)C. The number of hydrogen-bond donors (Lipinski definition) is 0. The number of hydrogen-bond acceptors (Lipinski definition) is 0. The van der Waals surface area contributed by atoms with Crippen LogP contribution in [0.25, 0.3) is 0 Å². The van der Waals surface area contributed by atoms with Crippen molar-refractivity contribution in [2.75, 3.05) is 0 Å². The molecular weight excluding hydrogens is 156 g/mol. The highest BCUT2D eigenvalue weighted by Crippen LogP contribution is 2.24. The van der Waals surface area contributed by atoms with Crippen LogP contribution in [-0.2, 0) is 0 Å². The Balaban J connectivity index is 3.38. The second-order valence-electron chi connectivity index (χ2n) is 4.49. The highest BCUT2D eigenvalue weighted by Gasteiger charge is 2.12. The molecule has 11 heavy (non-hydrogen) atoms. The predicted molar refractivity (Wildman–Crippen MR) is 53.2 cm³/mol. The second kappa shape index (κ2) is 5.03. The fourth-order valence-electron chi connectivity index (χ4n) is 1.05. The van der Waals surface area contributed by atoms with Crippen molar-refractivity contribution in [2.45, 2.75) is 58.8 Å². The molecule has 0 fully saturated rings. The molecule has 0 nitrogen and oxygen atoms in total. The minimum Gasteiger partial charge on any atom is -0.123 e. The summed E-state index contributed by atoms with van der Waals surface area (Å²) in [5.74, 6) is 0. The van der Waals surface area contributed by atoms with E-state index in [-0.39, 0.29) is 0 Å². The lowest BCUT2D eigenvalue weighted by Crippen LogP contribution is -2.08. The van der Waals surface area contributed by atoms with Crippen molar-refractivity contribution in [1.82, 2.24) is 0 Å². The van der Waals surface area contributed by atoms with Gasteiger partial charge in [0.1, 0.15) is 0 Å². The number of halogens is 1. The molecule has 0 aliphatic heterocycles. The maximum absolute atomic E-state index is 6.09. The molecule has 1 unspecified atom stereocenters. The lowest BCUT2D eigenvalue weighted by molar-refractivity contribution is 0.359. The Morgan fingerprint density at radius 2 is 1.73 bits per heavy atom. The van der Waals surface area contributed by atoms with Gasteiger partial charge < -0.3 is 0 Å². The van der Waals surface area contributed by atoms with Crippen LogP contribution < -0.4 is 0 Å². The van der Waals surface area contributed by atoms with E-state index in [1.807, 2.05) is 0 Å². The van der Waals surface area contributed by atoms with Crippen LogP contribution in [0.2, 0.25) is 0 Å². The van der Waals surface area contributed by atoms with Gasteiger partial charge in [0.15, 0.2) is 0 Å². The topological polar surface area (TPSA) is 0 Å². The summed E-state index contributed by atoms with van der Waals surface area (Å²) in [5.41, 5.74) is 0.445. The van der Waals surface area contributed by atoms with E-state index in [2.05, 4.69) is 27.7 Å². The van der Waals surface area contributed by atoms with Gasteiger partial charge in [0.25, 0.3) is 0 Å². The van der Waals surface area contributed by atoms with Crippen LogP contribution in [0.5, 0.6) is 0 Å². The van der Waals surface area contributed by atoms with E-state index in [4.69, 9.17) is 11.6 Å². The van der Waals surface area contributed by atoms with Crippen molar-refractivity contribution in [3.8, 4) is 0 Å². The fraction of sp³-hybridized carbons (Fsp3) is 1.00. The van der Waals surface area contributed by atoms with Gasteiger partial charge in [0, 0.05) is 5.38 Å². The van der Waals surface area contributed by atoms with Crippen molar-refractivity contribution in [3.05, 3.63) is 0 Å². The van der Waals surface area contributed by atoms with E-state index in [1.165, 1.54) is 19.3 Å². The molecule has 0 saturated heterocycles. The first kappa shape index (κ1) is 11.3. The molecule has 1 heteroatoms. The zero-order valence-electron chi connectivity index (χ0n) is 8.28. The lowest BCUT2D eigenvalue weighted by atomic mass is 9.89. The molecule has 0 N–H and O–H groups in total. The van der Waals surface area contributed by atoms with Crippen molar-refractivity contribution < 1.29 is 0 Å². The molecule has 0 bridgehead atoms. The minimum atomic E-state index is 0.402. The van der Waals surface area contributed by atoms with Gasteiger partial charge in [0.05, 0.1) is 0 Å². The molecule has 0 aliphatic rings. The van der Waals surface area contributed by atoms with Gasteiger partial charge in [0.2, 0.25) is 0 Å². The Kier molecular flexibility index (Phi) is 5.16. The van der Waals surface area contributed by atoms with Crippen LogP contribution in [0.3, 0.4) is 0 Å². The maximum atomic E-state index is 6.09. The fourth-order valence-corrected chi connectivity index (χ4v) is 1.37.